The van der Waals surface area contributed by atoms with Gasteiger partial charge in [0, 0.05) is 6.20 Å². The van der Waals surface area contributed by atoms with Crippen molar-refractivity contribution in [1.82, 2.24) is 10.3 Å². The van der Waals surface area contributed by atoms with Crippen molar-refractivity contribution in [1.29, 1.82) is 0 Å². The Bertz CT molecular complexity index is 568. The summed E-state index contributed by atoms with van der Waals surface area (Å²) in [5, 5.41) is 2.80. The summed E-state index contributed by atoms with van der Waals surface area (Å²) in [6, 6.07) is 1.25. The van der Waals surface area contributed by atoms with Gasteiger partial charge in [0.1, 0.15) is 6.04 Å². The summed E-state index contributed by atoms with van der Waals surface area (Å²) in [6.07, 6.45) is -3.74. The van der Waals surface area contributed by atoms with Crippen molar-refractivity contribution in [2.75, 3.05) is 5.75 Å². The van der Waals surface area contributed by atoms with Crippen molar-refractivity contribution in [3.05, 3.63) is 23.9 Å². The lowest BCUT2D eigenvalue weighted by Gasteiger charge is -2.28. The number of primary amides is 1. The minimum atomic E-state index is -4.45. The number of nitrogens with zero attached hydrogens (tertiary/aromatic N) is 1. The first-order chi connectivity index (χ1) is 10.4. The van der Waals surface area contributed by atoms with E-state index < -0.39 is 35.0 Å². The molecule has 0 spiro atoms. The van der Waals surface area contributed by atoms with E-state index in [1.807, 2.05) is 0 Å². The Kier molecular flexibility index (Phi) is 6.04. The van der Waals surface area contributed by atoms with Gasteiger partial charge in [-0.1, -0.05) is 32.5 Å². The van der Waals surface area contributed by atoms with Gasteiger partial charge >= 0.3 is 6.18 Å². The molecule has 0 bridgehead atoms. The largest absolute Gasteiger partial charge is 0.417 e. The van der Waals surface area contributed by atoms with E-state index in [1.165, 1.54) is 6.07 Å². The van der Waals surface area contributed by atoms with Crippen LogP contribution in [0.2, 0.25) is 0 Å². The van der Waals surface area contributed by atoms with Gasteiger partial charge in [0.25, 0.3) is 0 Å². The number of aromatic nitrogens is 1. The van der Waals surface area contributed by atoms with E-state index in [0.29, 0.717) is 6.20 Å². The maximum Gasteiger partial charge on any atom is 0.417 e. The Balaban J connectivity index is 2.61. The molecule has 0 saturated carbocycles. The van der Waals surface area contributed by atoms with Gasteiger partial charge in [-0.05, 0) is 17.5 Å². The number of nitrogens with one attached hydrogen (secondary N) is 1. The molecule has 0 aliphatic rings. The van der Waals surface area contributed by atoms with Crippen LogP contribution in [0.15, 0.2) is 23.4 Å². The van der Waals surface area contributed by atoms with Crippen LogP contribution in [0.4, 0.5) is 13.2 Å². The second-order valence-electron chi connectivity index (χ2n) is 5.94. The van der Waals surface area contributed by atoms with Gasteiger partial charge in [-0.3, -0.25) is 9.59 Å². The molecule has 0 saturated heterocycles. The monoisotopic (exact) mass is 349 g/mol. The van der Waals surface area contributed by atoms with E-state index in [4.69, 9.17) is 5.73 Å². The zero-order valence-corrected chi connectivity index (χ0v) is 13.7. The summed E-state index contributed by atoms with van der Waals surface area (Å²) in [5.74, 6) is -1.18. The van der Waals surface area contributed by atoms with Crippen LogP contribution in [0.5, 0.6) is 0 Å². The number of carbonyl (C=O) groups is 2. The Labute approximate surface area is 136 Å². The molecule has 1 aromatic rings. The van der Waals surface area contributed by atoms with Crippen molar-refractivity contribution in [2.24, 2.45) is 11.1 Å². The predicted octanol–water partition coefficient (Wildman–Crippen LogP) is 2.21. The maximum atomic E-state index is 12.4. The van der Waals surface area contributed by atoms with E-state index >= 15 is 0 Å². The second-order valence-corrected chi connectivity index (χ2v) is 6.94. The maximum absolute atomic E-state index is 12.4. The van der Waals surface area contributed by atoms with Gasteiger partial charge in [0.2, 0.25) is 11.8 Å². The first-order valence-corrected chi connectivity index (χ1v) is 7.64. The number of nitrogens with two attached hydrogens (primary N) is 1. The number of rotatable bonds is 5. The van der Waals surface area contributed by atoms with Crippen LogP contribution in [0.3, 0.4) is 0 Å². The summed E-state index contributed by atoms with van der Waals surface area (Å²) < 4.78 is 37.2. The fourth-order valence-electron chi connectivity index (χ4n) is 1.69. The normalized spacial score (nSPS) is 13.5. The molecule has 0 unspecified atom stereocenters. The Morgan fingerprint density at radius 3 is 2.30 bits per heavy atom. The number of amides is 2. The molecular weight excluding hydrogens is 331 g/mol. The third kappa shape index (κ3) is 6.09. The fourth-order valence-corrected chi connectivity index (χ4v) is 2.34. The number of alkyl halides is 3. The molecule has 1 atom stereocenters. The van der Waals surface area contributed by atoms with E-state index in [2.05, 4.69) is 10.3 Å². The number of hydrogen-bond acceptors (Lipinski definition) is 4. The molecule has 3 N–H and O–H groups in total. The third-order valence-corrected chi connectivity index (χ3v) is 3.81. The van der Waals surface area contributed by atoms with Gasteiger partial charge in [-0.2, -0.15) is 13.2 Å². The molecule has 1 rings (SSSR count). The lowest BCUT2D eigenvalue weighted by Crippen LogP contribution is -2.52. The van der Waals surface area contributed by atoms with Crippen molar-refractivity contribution in [2.45, 2.75) is 38.0 Å². The average molecular weight is 349 g/mol. The summed E-state index contributed by atoms with van der Waals surface area (Å²) in [6.45, 7) is 5.27. The quantitative estimate of drug-likeness (QED) is 0.798. The molecule has 0 aromatic carbocycles. The molecule has 5 nitrogen and oxygen atoms in total. The van der Waals surface area contributed by atoms with Gasteiger partial charge in [0.05, 0.1) is 16.3 Å². The molecule has 1 aromatic heterocycles. The average Bonchev–Trinajstić information content (AvgIpc) is 2.40. The topological polar surface area (TPSA) is 85.1 Å². The standard InChI is InChI=1S/C14H18F3N3O2S/c1-13(2,3)11(12(18)22)20-9(21)7-23-10-5-4-8(6-19-10)14(15,16)17/h4-6,11H,7H2,1-3H3,(H2,18,22)(H,20,21)/t11-/m1/s1. The van der Waals surface area contributed by atoms with Crippen molar-refractivity contribution < 1.29 is 22.8 Å². The molecule has 1 heterocycles. The van der Waals surface area contributed by atoms with Crippen LogP contribution in [0.25, 0.3) is 0 Å². The summed E-state index contributed by atoms with van der Waals surface area (Å²) >= 11 is 0.970. The smallest absolute Gasteiger partial charge is 0.368 e. The molecule has 0 radical (unpaired) electrons. The molecule has 0 aliphatic heterocycles. The van der Waals surface area contributed by atoms with Crippen molar-refractivity contribution in [3.8, 4) is 0 Å². The number of halogens is 3. The van der Waals surface area contributed by atoms with Crippen LogP contribution < -0.4 is 11.1 Å². The fraction of sp³-hybridized carbons (Fsp3) is 0.500. The molecular formula is C14H18F3N3O2S. The Morgan fingerprint density at radius 2 is 1.91 bits per heavy atom. The predicted molar refractivity (Wildman–Crippen MR) is 80.5 cm³/mol. The van der Waals surface area contributed by atoms with Gasteiger partial charge in [-0.25, -0.2) is 4.98 Å². The van der Waals surface area contributed by atoms with E-state index in [-0.39, 0.29) is 10.8 Å². The summed E-state index contributed by atoms with van der Waals surface area (Å²) in [7, 11) is 0. The molecule has 0 fully saturated rings. The first kappa shape index (κ1) is 19.3. The van der Waals surface area contributed by atoms with Gasteiger partial charge in [0.15, 0.2) is 0 Å². The van der Waals surface area contributed by atoms with E-state index in [0.717, 1.165) is 17.8 Å². The third-order valence-electron chi connectivity index (χ3n) is 2.87. The molecule has 23 heavy (non-hydrogen) atoms. The first-order valence-electron chi connectivity index (χ1n) is 6.66. The number of carbonyl (C=O) groups excluding carboxylic acids is 2. The zero-order chi connectivity index (χ0) is 17.8. The molecule has 9 heteroatoms. The lowest BCUT2D eigenvalue weighted by molar-refractivity contribution is -0.137. The molecule has 0 aliphatic carbocycles. The SMILES string of the molecule is CC(C)(C)[C@H](NC(=O)CSc1ccc(C(F)(F)F)cn1)C(N)=O. The van der Waals surface area contributed by atoms with Crippen LogP contribution >= 0.6 is 11.8 Å². The van der Waals surface area contributed by atoms with Crippen molar-refractivity contribution in [3.63, 3.8) is 0 Å². The minimum absolute atomic E-state index is 0.0851. The zero-order valence-electron chi connectivity index (χ0n) is 12.9. The van der Waals surface area contributed by atoms with E-state index in [1.54, 1.807) is 20.8 Å². The summed E-state index contributed by atoms with van der Waals surface area (Å²) in [4.78, 5) is 26.9. The highest BCUT2D eigenvalue weighted by Crippen LogP contribution is 2.29. The highest BCUT2D eigenvalue weighted by atomic mass is 32.2. The number of pyridine rings is 1. The van der Waals surface area contributed by atoms with Crippen LogP contribution in [0.1, 0.15) is 26.3 Å². The van der Waals surface area contributed by atoms with Crippen LogP contribution in [-0.4, -0.2) is 28.6 Å². The minimum Gasteiger partial charge on any atom is -0.368 e. The second kappa shape index (κ2) is 7.20. The van der Waals surface area contributed by atoms with Gasteiger partial charge < -0.3 is 11.1 Å². The Morgan fingerprint density at radius 1 is 1.30 bits per heavy atom. The molecule has 2 amide bonds. The van der Waals surface area contributed by atoms with Gasteiger partial charge in [-0.15, -0.1) is 0 Å². The van der Waals surface area contributed by atoms with Crippen molar-refractivity contribution >= 4 is 23.6 Å². The van der Waals surface area contributed by atoms with E-state index in [9.17, 15) is 22.8 Å². The highest BCUT2D eigenvalue weighted by molar-refractivity contribution is 7.99. The number of thioether (sulfide) groups is 1. The number of hydrogen-bond donors (Lipinski definition) is 2. The van der Waals surface area contributed by atoms with Crippen LogP contribution in [0, 0.1) is 5.41 Å². The molecule has 128 valence electrons. The lowest BCUT2D eigenvalue weighted by atomic mass is 9.86. The van der Waals surface area contributed by atoms with Crippen LogP contribution in [-0.2, 0) is 15.8 Å². The highest BCUT2D eigenvalue weighted by Gasteiger charge is 2.31. The summed E-state index contributed by atoms with van der Waals surface area (Å²) in [5.41, 5.74) is 3.86. The Hall–Kier alpha value is -1.77.